The fourth-order valence-corrected chi connectivity index (χ4v) is 5.07. The second kappa shape index (κ2) is 9.58. The molecule has 1 saturated heterocycles. The highest BCUT2D eigenvalue weighted by Crippen LogP contribution is 2.20. The number of hydrogen-bond acceptors (Lipinski definition) is 4. The number of nitrogens with zero attached hydrogens (tertiary/aromatic N) is 2. The summed E-state index contributed by atoms with van der Waals surface area (Å²) in [7, 11) is 0.673. The van der Waals surface area contributed by atoms with Crippen LogP contribution in [0, 0.1) is 5.92 Å². The van der Waals surface area contributed by atoms with E-state index in [1.807, 2.05) is 19.0 Å². The topological polar surface area (TPSA) is 69.7 Å². The van der Waals surface area contributed by atoms with Crippen LogP contribution in [0.3, 0.4) is 0 Å². The number of carbonyl (C=O) groups is 1. The van der Waals surface area contributed by atoms with Crippen LogP contribution in [-0.2, 0) is 15.6 Å². The first-order chi connectivity index (χ1) is 12.2. The van der Waals surface area contributed by atoms with E-state index < -0.39 is 9.84 Å². The molecule has 0 bridgehead atoms. The monoisotopic (exact) mass is 401 g/mol. The Morgan fingerprint density at radius 1 is 1.31 bits per heavy atom. The van der Waals surface area contributed by atoms with E-state index in [1.165, 1.54) is 0 Å². The highest BCUT2D eigenvalue weighted by molar-refractivity contribution is 7.90. The number of carbonyl (C=O) groups excluding carboxylic acids is 1. The lowest BCUT2D eigenvalue weighted by atomic mass is 10.0. The molecule has 0 aromatic heterocycles. The minimum atomic E-state index is -3.23. The molecule has 1 aliphatic heterocycles. The van der Waals surface area contributed by atoms with Crippen molar-refractivity contribution in [1.82, 2.24) is 15.1 Å². The number of sulfone groups is 1. The van der Waals surface area contributed by atoms with Gasteiger partial charge < -0.3 is 15.1 Å². The molecule has 0 radical (unpaired) electrons. The molecular formula is C18H28ClN3O3S. The molecule has 1 N–H and O–H groups in total. The number of halogens is 1. The zero-order chi connectivity index (χ0) is 19.2. The van der Waals surface area contributed by atoms with Gasteiger partial charge in [-0.15, -0.1) is 0 Å². The summed E-state index contributed by atoms with van der Waals surface area (Å²) in [4.78, 5) is 16.0. The Morgan fingerprint density at radius 2 is 2.00 bits per heavy atom. The molecule has 1 heterocycles. The summed E-state index contributed by atoms with van der Waals surface area (Å²) < 4.78 is 25.0. The summed E-state index contributed by atoms with van der Waals surface area (Å²) in [6, 6.07) is 6.78. The number of piperidine rings is 1. The average molecular weight is 402 g/mol. The maximum Gasteiger partial charge on any atom is 0.317 e. The summed E-state index contributed by atoms with van der Waals surface area (Å²) in [6.07, 6.45) is 1.67. The molecule has 1 fully saturated rings. The predicted molar refractivity (Wildman–Crippen MR) is 105 cm³/mol. The quantitative estimate of drug-likeness (QED) is 0.760. The summed E-state index contributed by atoms with van der Waals surface area (Å²) in [6.45, 7) is 2.54. The first-order valence-electron chi connectivity index (χ1n) is 8.87. The molecule has 0 spiro atoms. The Balaban J connectivity index is 1.86. The largest absolute Gasteiger partial charge is 0.337 e. The van der Waals surface area contributed by atoms with Gasteiger partial charge in [0, 0.05) is 31.2 Å². The third-order valence-electron chi connectivity index (χ3n) is 4.43. The Bertz CT molecular complexity index is 692. The molecule has 8 heteroatoms. The summed E-state index contributed by atoms with van der Waals surface area (Å²) >= 11 is 5.84. The SMILES string of the molecule is CN(C)CCNC(=O)N1CCCC(CS(=O)(=O)Cc2ccc(Cl)cc2)C1. The molecule has 2 rings (SSSR count). The van der Waals surface area contributed by atoms with Crippen LogP contribution in [0.1, 0.15) is 18.4 Å². The van der Waals surface area contributed by atoms with Crippen molar-refractivity contribution in [3.63, 3.8) is 0 Å². The molecule has 6 nitrogen and oxygen atoms in total. The molecular weight excluding hydrogens is 374 g/mol. The predicted octanol–water partition coefficient (Wildman–Crippen LogP) is 2.24. The van der Waals surface area contributed by atoms with Crippen molar-refractivity contribution in [3.8, 4) is 0 Å². The maximum atomic E-state index is 12.5. The number of urea groups is 1. The number of likely N-dealkylation sites (tertiary alicyclic amines) is 1. The van der Waals surface area contributed by atoms with Gasteiger partial charge in [0.25, 0.3) is 0 Å². The summed E-state index contributed by atoms with van der Waals surface area (Å²) in [5.74, 6) is 0.105. The molecule has 26 heavy (non-hydrogen) atoms. The van der Waals surface area contributed by atoms with Crippen molar-refractivity contribution in [2.24, 2.45) is 5.92 Å². The molecule has 1 aromatic rings. The zero-order valence-corrected chi connectivity index (χ0v) is 17.0. The lowest BCUT2D eigenvalue weighted by Gasteiger charge is -2.32. The minimum Gasteiger partial charge on any atom is -0.337 e. The number of hydrogen-bond donors (Lipinski definition) is 1. The number of nitrogens with one attached hydrogen (secondary N) is 1. The highest BCUT2D eigenvalue weighted by Gasteiger charge is 2.27. The zero-order valence-electron chi connectivity index (χ0n) is 15.4. The summed E-state index contributed by atoms with van der Waals surface area (Å²) in [5, 5.41) is 3.49. The van der Waals surface area contributed by atoms with E-state index in [9.17, 15) is 13.2 Å². The van der Waals surface area contributed by atoms with Crippen molar-refractivity contribution in [1.29, 1.82) is 0 Å². The lowest BCUT2D eigenvalue weighted by Crippen LogP contribution is -2.47. The Morgan fingerprint density at radius 3 is 2.65 bits per heavy atom. The van der Waals surface area contributed by atoms with E-state index in [-0.39, 0.29) is 23.5 Å². The van der Waals surface area contributed by atoms with E-state index in [1.54, 1.807) is 29.2 Å². The van der Waals surface area contributed by atoms with Crippen molar-refractivity contribution < 1.29 is 13.2 Å². The van der Waals surface area contributed by atoms with Gasteiger partial charge in [-0.05, 0) is 50.6 Å². The van der Waals surface area contributed by atoms with Crippen LogP contribution in [-0.4, -0.2) is 70.3 Å². The Hall–Kier alpha value is -1.31. The molecule has 2 amide bonds. The van der Waals surface area contributed by atoms with Crippen LogP contribution in [0.4, 0.5) is 4.79 Å². The van der Waals surface area contributed by atoms with Crippen LogP contribution < -0.4 is 5.32 Å². The van der Waals surface area contributed by atoms with Crippen molar-refractivity contribution in [2.45, 2.75) is 18.6 Å². The first-order valence-corrected chi connectivity index (χ1v) is 11.1. The van der Waals surface area contributed by atoms with Gasteiger partial charge in [-0.2, -0.15) is 0 Å². The van der Waals surface area contributed by atoms with Gasteiger partial charge in [-0.3, -0.25) is 0 Å². The van der Waals surface area contributed by atoms with E-state index in [4.69, 9.17) is 11.6 Å². The molecule has 1 atom stereocenters. The van der Waals surface area contributed by atoms with Gasteiger partial charge in [0.2, 0.25) is 0 Å². The van der Waals surface area contributed by atoms with Gasteiger partial charge >= 0.3 is 6.03 Å². The number of benzene rings is 1. The number of likely N-dealkylation sites (N-methyl/N-ethyl adjacent to an activating group) is 1. The average Bonchev–Trinajstić information content (AvgIpc) is 2.56. The normalized spacial score (nSPS) is 18.2. The molecule has 146 valence electrons. The van der Waals surface area contributed by atoms with E-state index in [0.29, 0.717) is 24.7 Å². The van der Waals surface area contributed by atoms with Crippen molar-refractivity contribution >= 4 is 27.5 Å². The fraction of sp³-hybridized carbons (Fsp3) is 0.611. The molecule has 0 aliphatic carbocycles. The second-order valence-electron chi connectivity index (χ2n) is 7.17. The smallest absolute Gasteiger partial charge is 0.317 e. The Labute approximate surface area is 161 Å². The van der Waals surface area contributed by atoms with Crippen molar-refractivity contribution in [2.75, 3.05) is 46.0 Å². The van der Waals surface area contributed by atoms with Gasteiger partial charge in [-0.25, -0.2) is 13.2 Å². The lowest BCUT2D eigenvalue weighted by molar-refractivity contribution is 0.169. The van der Waals surface area contributed by atoms with Crippen LogP contribution >= 0.6 is 11.6 Å². The minimum absolute atomic E-state index is 0.00962. The van der Waals surface area contributed by atoms with Gasteiger partial charge in [-0.1, -0.05) is 23.7 Å². The summed E-state index contributed by atoms with van der Waals surface area (Å²) in [5.41, 5.74) is 0.739. The Kier molecular flexibility index (Phi) is 7.73. The van der Waals surface area contributed by atoms with E-state index in [0.717, 1.165) is 24.9 Å². The standard InChI is InChI=1S/C18H28ClN3O3S/c1-21(2)11-9-20-18(23)22-10-3-4-16(12-22)14-26(24,25)13-15-5-7-17(19)8-6-15/h5-8,16H,3-4,9-14H2,1-2H3,(H,20,23). The fourth-order valence-electron chi connectivity index (χ4n) is 3.14. The van der Waals surface area contributed by atoms with E-state index in [2.05, 4.69) is 5.32 Å². The molecule has 0 saturated carbocycles. The van der Waals surface area contributed by atoms with E-state index >= 15 is 0 Å². The molecule has 1 aromatic carbocycles. The van der Waals surface area contributed by atoms with Crippen LogP contribution in [0.5, 0.6) is 0 Å². The van der Waals surface area contributed by atoms with Crippen LogP contribution in [0.2, 0.25) is 5.02 Å². The highest BCUT2D eigenvalue weighted by atomic mass is 35.5. The second-order valence-corrected chi connectivity index (χ2v) is 9.72. The molecule has 1 unspecified atom stereocenters. The maximum absolute atomic E-state index is 12.5. The third-order valence-corrected chi connectivity index (χ3v) is 6.44. The van der Waals surface area contributed by atoms with Crippen molar-refractivity contribution in [3.05, 3.63) is 34.9 Å². The van der Waals surface area contributed by atoms with Crippen LogP contribution in [0.25, 0.3) is 0 Å². The molecule has 1 aliphatic rings. The van der Waals surface area contributed by atoms with Gasteiger partial charge in [0.05, 0.1) is 11.5 Å². The number of amides is 2. The van der Waals surface area contributed by atoms with Gasteiger partial charge in [0.15, 0.2) is 9.84 Å². The van der Waals surface area contributed by atoms with Gasteiger partial charge in [0.1, 0.15) is 0 Å². The third kappa shape index (κ3) is 7.13. The number of rotatable bonds is 7. The first kappa shape index (κ1) is 21.0. The van der Waals surface area contributed by atoms with Crippen LogP contribution in [0.15, 0.2) is 24.3 Å².